The molecule has 0 saturated carbocycles. The molecule has 9 heteroatoms. The van der Waals surface area contributed by atoms with Crippen LogP contribution in [0.5, 0.6) is 0 Å². The minimum atomic E-state index is -4.61. The molecule has 1 unspecified atom stereocenters. The van der Waals surface area contributed by atoms with Gasteiger partial charge in [-0.2, -0.15) is 13.2 Å². The molecule has 32 heavy (non-hydrogen) atoms. The predicted octanol–water partition coefficient (Wildman–Crippen LogP) is 6.96. The highest BCUT2D eigenvalue weighted by Crippen LogP contribution is 2.38. The molecule has 1 N–H and O–H groups in total. The Morgan fingerprint density at radius 1 is 1.22 bits per heavy atom. The Balaban J connectivity index is 1.66. The molecule has 170 valence electrons. The third-order valence-electron chi connectivity index (χ3n) is 4.74. The lowest BCUT2D eigenvalue weighted by atomic mass is 10.1. The maximum absolute atomic E-state index is 13.8. The van der Waals surface area contributed by atoms with Crippen LogP contribution in [-0.4, -0.2) is 16.1 Å². The first kappa shape index (κ1) is 23.8. The van der Waals surface area contributed by atoms with E-state index in [-0.39, 0.29) is 41.0 Å². The molecule has 1 heterocycles. The number of thioether (sulfide) groups is 1. The average molecular weight is 467 g/mol. The Kier molecular flexibility index (Phi) is 7.60. The minimum Gasteiger partial charge on any atom is -0.441 e. The van der Waals surface area contributed by atoms with Crippen molar-refractivity contribution in [2.75, 3.05) is 5.32 Å². The van der Waals surface area contributed by atoms with Crippen molar-refractivity contribution in [3.05, 3.63) is 65.9 Å². The van der Waals surface area contributed by atoms with Gasteiger partial charge in [-0.3, -0.25) is 4.79 Å². The van der Waals surface area contributed by atoms with Crippen LogP contribution in [0.1, 0.15) is 38.1 Å². The van der Waals surface area contributed by atoms with Gasteiger partial charge in [-0.25, -0.2) is 9.37 Å². The van der Waals surface area contributed by atoms with Gasteiger partial charge < -0.3 is 9.73 Å². The normalized spacial score (nSPS) is 12.6. The highest BCUT2D eigenvalue weighted by Gasteiger charge is 2.34. The molecule has 2 aromatic carbocycles. The number of carbonyl (C=O) groups is 1. The summed E-state index contributed by atoms with van der Waals surface area (Å²) >= 11 is 1.35. The average Bonchev–Trinajstić information content (AvgIpc) is 3.21. The van der Waals surface area contributed by atoms with Gasteiger partial charge in [0.2, 0.25) is 5.91 Å². The van der Waals surface area contributed by atoms with Crippen molar-refractivity contribution in [1.82, 2.24) is 4.98 Å². The summed E-state index contributed by atoms with van der Waals surface area (Å²) in [5, 5.41) is 2.50. The number of alkyl halides is 3. The number of anilines is 1. The van der Waals surface area contributed by atoms with Crippen LogP contribution in [0.2, 0.25) is 0 Å². The number of rotatable bonds is 8. The molecule has 3 aromatic rings. The number of halogens is 4. The zero-order chi connectivity index (χ0) is 23.3. The largest absolute Gasteiger partial charge is 0.441 e. The van der Waals surface area contributed by atoms with E-state index >= 15 is 0 Å². The van der Waals surface area contributed by atoms with Crippen molar-refractivity contribution in [2.45, 2.75) is 49.4 Å². The predicted molar refractivity (Wildman–Crippen MR) is 116 cm³/mol. The van der Waals surface area contributed by atoms with E-state index in [2.05, 4.69) is 10.3 Å². The second-order valence-corrected chi connectivity index (χ2v) is 8.70. The van der Waals surface area contributed by atoms with E-state index in [1.807, 2.05) is 13.8 Å². The van der Waals surface area contributed by atoms with Crippen molar-refractivity contribution in [3.63, 3.8) is 0 Å². The van der Waals surface area contributed by atoms with E-state index in [1.54, 1.807) is 18.2 Å². The van der Waals surface area contributed by atoms with E-state index < -0.39 is 23.5 Å². The lowest BCUT2D eigenvalue weighted by molar-refractivity contribution is -0.137. The van der Waals surface area contributed by atoms with Crippen LogP contribution in [0.3, 0.4) is 0 Å². The van der Waals surface area contributed by atoms with Gasteiger partial charge in [0.05, 0.1) is 23.0 Å². The van der Waals surface area contributed by atoms with Crippen LogP contribution in [0.4, 0.5) is 23.2 Å². The van der Waals surface area contributed by atoms with Crippen LogP contribution >= 0.6 is 11.8 Å². The van der Waals surface area contributed by atoms with Crippen molar-refractivity contribution < 1.29 is 26.8 Å². The van der Waals surface area contributed by atoms with Gasteiger partial charge in [-0.1, -0.05) is 26.0 Å². The fourth-order valence-corrected chi connectivity index (χ4v) is 3.86. The molecule has 0 fully saturated rings. The van der Waals surface area contributed by atoms with Crippen molar-refractivity contribution in [3.8, 4) is 11.3 Å². The number of aryl methyl sites for hydroxylation is 1. The van der Waals surface area contributed by atoms with E-state index in [0.717, 1.165) is 12.5 Å². The monoisotopic (exact) mass is 466 g/mol. The fraction of sp³-hybridized carbons (Fsp3) is 0.304. The van der Waals surface area contributed by atoms with Gasteiger partial charge >= 0.3 is 6.18 Å². The molecule has 1 amide bonds. The summed E-state index contributed by atoms with van der Waals surface area (Å²) in [6, 6.07) is 9.92. The molecule has 1 aromatic heterocycles. The van der Waals surface area contributed by atoms with E-state index in [4.69, 9.17) is 4.42 Å². The van der Waals surface area contributed by atoms with Crippen molar-refractivity contribution in [1.29, 1.82) is 0 Å². The smallest absolute Gasteiger partial charge is 0.418 e. The lowest BCUT2D eigenvalue weighted by Crippen LogP contribution is -2.17. The summed E-state index contributed by atoms with van der Waals surface area (Å²) in [5.74, 6) is -0.673. The van der Waals surface area contributed by atoms with Crippen molar-refractivity contribution in [2.24, 2.45) is 0 Å². The molecule has 1 atom stereocenters. The van der Waals surface area contributed by atoms with Crippen LogP contribution < -0.4 is 5.32 Å². The molecule has 0 radical (unpaired) electrons. The third-order valence-corrected chi connectivity index (χ3v) is 6.00. The molecule has 0 spiro atoms. The van der Waals surface area contributed by atoms with E-state index in [9.17, 15) is 22.4 Å². The SMILES string of the molecule is CCC(C)Sc1ccc(NC(=O)CCc2ncc(-c3ccccc3F)o2)c(C(F)(F)F)c1. The number of aromatic nitrogens is 1. The highest BCUT2D eigenvalue weighted by molar-refractivity contribution is 7.99. The van der Waals surface area contributed by atoms with Gasteiger partial charge in [0.1, 0.15) is 5.82 Å². The highest BCUT2D eigenvalue weighted by atomic mass is 32.2. The van der Waals surface area contributed by atoms with Crippen LogP contribution in [0.15, 0.2) is 58.0 Å². The second-order valence-electron chi connectivity index (χ2n) is 7.19. The number of carbonyl (C=O) groups excluding carboxylic acids is 1. The molecule has 0 saturated heterocycles. The zero-order valence-electron chi connectivity index (χ0n) is 17.5. The Morgan fingerprint density at radius 2 is 1.97 bits per heavy atom. The summed E-state index contributed by atoms with van der Waals surface area (Å²) in [7, 11) is 0. The molecule has 0 bridgehead atoms. The Morgan fingerprint density at radius 3 is 2.66 bits per heavy atom. The molecule has 0 aliphatic carbocycles. The van der Waals surface area contributed by atoms with Gasteiger partial charge in [0.25, 0.3) is 0 Å². The Bertz CT molecular complexity index is 1080. The van der Waals surface area contributed by atoms with Crippen LogP contribution in [0.25, 0.3) is 11.3 Å². The Labute approximate surface area is 187 Å². The maximum atomic E-state index is 13.8. The molecule has 0 aliphatic rings. The van der Waals surface area contributed by atoms with Gasteiger partial charge in [0.15, 0.2) is 11.7 Å². The number of oxazole rings is 1. The van der Waals surface area contributed by atoms with E-state index in [0.29, 0.717) is 4.90 Å². The quantitative estimate of drug-likeness (QED) is 0.288. The van der Waals surface area contributed by atoms with Gasteiger partial charge in [-0.15, -0.1) is 11.8 Å². The number of amides is 1. The van der Waals surface area contributed by atoms with Crippen molar-refractivity contribution >= 4 is 23.4 Å². The Hall–Kier alpha value is -2.81. The minimum absolute atomic E-state index is 0.0591. The standard InChI is InChI=1S/C23H22F4N2O2S/c1-3-14(2)32-15-8-9-19(17(12-15)23(25,26)27)29-21(30)10-11-22-28-13-20(31-22)16-6-4-5-7-18(16)24/h4-9,12-14H,3,10-11H2,1-2H3,(H,29,30). The molecular weight excluding hydrogens is 444 g/mol. The first-order chi connectivity index (χ1) is 15.2. The molecular formula is C23H22F4N2O2S. The molecule has 3 rings (SSSR count). The first-order valence-electron chi connectivity index (χ1n) is 10.0. The molecule has 4 nitrogen and oxygen atoms in total. The summed E-state index contributed by atoms with van der Waals surface area (Å²) in [6.07, 6.45) is -2.52. The van der Waals surface area contributed by atoms with Crippen LogP contribution in [0, 0.1) is 5.82 Å². The van der Waals surface area contributed by atoms with E-state index in [1.165, 1.54) is 36.2 Å². The van der Waals surface area contributed by atoms with Crippen LogP contribution in [-0.2, 0) is 17.4 Å². The fourth-order valence-electron chi connectivity index (χ4n) is 2.90. The molecule has 0 aliphatic heterocycles. The number of nitrogens with zero attached hydrogens (tertiary/aromatic N) is 1. The topological polar surface area (TPSA) is 55.1 Å². The second kappa shape index (κ2) is 10.2. The number of benzene rings is 2. The maximum Gasteiger partial charge on any atom is 0.418 e. The summed E-state index contributed by atoms with van der Waals surface area (Å²) < 4.78 is 59.9. The zero-order valence-corrected chi connectivity index (χ0v) is 18.3. The number of nitrogens with one attached hydrogen (secondary N) is 1. The van der Waals surface area contributed by atoms with Gasteiger partial charge in [0, 0.05) is 23.0 Å². The summed E-state index contributed by atoms with van der Waals surface area (Å²) in [4.78, 5) is 16.8. The number of hydrogen-bond donors (Lipinski definition) is 1. The summed E-state index contributed by atoms with van der Waals surface area (Å²) in [5.41, 5.74) is -0.951. The first-order valence-corrected chi connectivity index (χ1v) is 10.9. The summed E-state index contributed by atoms with van der Waals surface area (Å²) in [6.45, 7) is 3.90. The number of hydrogen-bond acceptors (Lipinski definition) is 4. The lowest BCUT2D eigenvalue weighted by Gasteiger charge is -2.16. The third kappa shape index (κ3) is 6.12. The van der Waals surface area contributed by atoms with Gasteiger partial charge in [-0.05, 0) is 36.8 Å².